The highest BCUT2D eigenvalue weighted by Gasteiger charge is 2.24. The third-order valence-electron chi connectivity index (χ3n) is 3.04. The SMILES string of the molecule is CCC(C)N(CC(=O)O)C(=O)c1ccc(C)cc1F. The lowest BCUT2D eigenvalue weighted by Crippen LogP contribution is -2.42. The van der Waals surface area contributed by atoms with Crippen molar-refractivity contribution in [1.29, 1.82) is 0 Å². The van der Waals surface area contributed by atoms with E-state index in [1.165, 1.54) is 17.0 Å². The molecule has 1 aromatic rings. The van der Waals surface area contributed by atoms with Crippen molar-refractivity contribution in [2.75, 3.05) is 6.54 Å². The molecule has 0 aliphatic rings. The predicted octanol–water partition coefficient (Wildman–Crippen LogP) is 2.46. The number of aliphatic carboxylic acids is 1. The van der Waals surface area contributed by atoms with Crippen LogP contribution in [0.1, 0.15) is 36.2 Å². The van der Waals surface area contributed by atoms with Gasteiger partial charge in [-0.15, -0.1) is 0 Å². The van der Waals surface area contributed by atoms with Gasteiger partial charge in [0.25, 0.3) is 5.91 Å². The van der Waals surface area contributed by atoms with Gasteiger partial charge < -0.3 is 10.0 Å². The molecule has 1 unspecified atom stereocenters. The van der Waals surface area contributed by atoms with Gasteiger partial charge in [-0.3, -0.25) is 9.59 Å². The number of carboxylic acid groups (broad SMARTS) is 1. The molecule has 0 saturated heterocycles. The summed E-state index contributed by atoms with van der Waals surface area (Å²) in [6.07, 6.45) is 0.604. The number of carboxylic acids is 1. The molecule has 104 valence electrons. The molecule has 0 saturated carbocycles. The zero-order valence-electron chi connectivity index (χ0n) is 11.3. The third kappa shape index (κ3) is 3.77. The second-order valence-electron chi connectivity index (χ2n) is 4.57. The molecule has 0 spiro atoms. The molecular weight excluding hydrogens is 249 g/mol. The number of hydrogen-bond acceptors (Lipinski definition) is 2. The van der Waals surface area contributed by atoms with Gasteiger partial charge in [0.2, 0.25) is 0 Å². The first-order chi connectivity index (χ1) is 8.86. The molecule has 5 heteroatoms. The standard InChI is InChI=1S/C14H18FNO3/c1-4-10(3)16(8-13(17)18)14(19)11-6-5-9(2)7-12(11)15/h5-7,10H,4,8H2,1-3H3,(H,17,18). The Morgan fingerprint density at radius 3 is 2.53 bits per heavy atom. The maximum atomic E-state index is 13.8. The Hall–Kier alpha value is -1.91. The Balaban J connectivity index is 3.08. The smallest absolute Gasteiger partial charge is 0.323 e. The van der Waals surface area contributed by atoms with Gasteiger partial charge in [0.1, 0.15) is 12.4 Å². The van der Waals surface area contributed by atoms with Crippen molar-refractivity contribution < 1.29 is 19.1 Å². The third-order valence-corrected chi connectivity index (χ3v) is 3.04. The van der Waals surface area contributed by atoms with Crippen LogP contribution in [0.25, 0.3) is 0 Å². The van der Waals surface area contributed by atoms with Crippen LogP contribution in [-0.2, 0) is 4.79 Å². The summed E-state index contributed by atoms with van der Waals surface area (Å²) >= 11 is 0. The first-order valence-corrected chi connectivity index (χ1v) is 6.15. The Morgan fingerprint density at radius 2 is 2.05 bits per heavy atom. The minimum absolute atomic E-state index is 0.0906. The Labute approximate surface area is 111 Å². The summed E-state index contributed by atoms with van der Waals surface area (Å²) in [4.78, 5) is 24.2. The molecule has 0 aliphatic heterocycles. The average molecular weight is 267 g/mol. The van der Waals surface area contributed by atoms with Crippen molar-refractivity contribution in [3.8, 4) is 0 Å². The number of benzene rings is 1. The Bertz CT molecular complexity index is 488. The zero-order valence-corrected chi connectivity index (χ0v) is 11.3. The summed E-state index contributed by atoms with van der Waals surface area (Å²) in [6.45, 7) is 4.88. The lowest BCUT2D eigenvalue weighted by molar-refractivity contribution is -0.138. The van der Waals surface area contributed by atoms with Gasteiger partial charge >= 0.3 is 5.97 Å². The van der Waals surface area contributed by atoms with Gasteiger partial charge in [0.15, 0.2) is 0 Å². The van der Waals surface area contributed by atoms with Crippen molar-refractivity contribution in [3.05, 3.63) is 35.1 Å². The van der Waals surface area contributed by atoms with Crippen LogP contribution >= 0.6 is 0 Å². The van der Waals surface area contributed by atoms with Crippen molar-refractivity contribution in [2.45, 2.75) is 33.2 Å². The van der Waals surface area contributed by atoms with Crippen LogP contribution < -0.4 is 0 Å². The van der Waals surface area contributed by atoms with E-state index in [1.54, 1.807) is 19.9 Å². The van der Waals surface area contributed by atoms with Gasteiger partial charge in [-0.05, 0) is 38.0 Å². The van der Waals surface area contributed by atoms with Crippen LogP contribution in [0.15, 0.2) is 18.2 Å². The van der Waals surface area contributed by atoms with Crippen molar-refractivity contribution in [3.63, 3.8) is 0 Å². The van der Waals surface area contributed by atoms with E-state index in [2.05, 4.69) is 0 Å². The first kappa shape index (κ1) is 15.1. The quantitative estimate of drug-likeness (QED) is 0.891. The number of amides is 1. The molecule has 1 aromatic carbocycles. The Morgan fingerprint density at radius 1 is 1.42 bits per heavy atom. The van der Waals surface area contributed by atoms with Crippen LogP contribution in [0.4, 0.5) is 4.39 Å². The number of halogens is 1. The Kier molecular flexibility index (Phi) is 5.03. The second-order valence-corrected chi connectivity index (χ2v) is 4.57. The van der Waals surface area contributed by atoms with Crippen molar-refractivity contribution in [2.24, 2.45) is 0 Å². The lowest BCUT2D eigenvalue weighted by Gasteiger charge is -2.27. The molecule has 0 radical (unpaired) electrons. The minimum atomic E-state index is -1.11. The predicted molar refractivity (Wildman–Crippen MR) is 69.6 cm³/mol. The van der Waals surface area contributed by atoms with E-state index in [4.69, 9.17) is 5.11 Å². The van der Waals surface area contributed by atoms with Crippen molar-refractivity contribution >= 4 is 11.9 Å². The van der Waals surface area contributed by atoms with E-state index < -0.39 is 24.2 Å². The molecule has 0 fully saturated rings. The second kappa shape index (κ2) is 6.31. The molecule has 4 nitrogen and oxygen atoms in total. The van der Waals surface area contributed by atoms with Crippen LogP contribution in [0.5, 0.6) is 0 Å². The minimum Gasteiger partial charge on any atom is -0.480 e. The molecule has 1 rings (SSSR count). The molecule has 0 aliphatic carbocycles. The molecule has 0 bridgehead atoms. The maximum Gasteiger partial charge on any atom is 0.323 e. The largest absolute Gasteiger partial charge is 0.480 e. The molecule has 1 atom stereocenters. The van der Waals surface area contributed by atoms with E-state index in [0.717, 1.165) is 0 Å². The number of aryl methyl sites for hydroxylation is 1. The highest BCUT2D eigenvalue weighted by Crippen LogP contribution is 2.15. The molecule has 1 N–H and O–H groups in total. The van der Waals surface area contributed by atoms with Gasteiger partial charge in [0, 0.05) is 6.04 Å². The van der Waals surface area contributed by atoms with E-state index in [1.807, 2.05) is 6.92 Å². The van der Waals surface area contributed by atoms with Crippen LogP contribution in [0.3, 0.4) is 0 Å². The number of rotatable bonds is 5. The normalized spacial score (nSPS) is 12.0. The first-order valence-electron chi connectivity index (χ1n) is 6.15. The maximum absolute atomic E-state index is 13.8. The summed E-state index contributed by atoms with van der Waals surface area (Å²) in [5, 5.41) is 8.85. The lowest BCUT2D eigenvalue weighted by atomic mass is 10.1. The van der Waals surface area contributed by atoms with Gasteiger partial charge in [-0.25, -0.2) is 4.39 Å². The molecule has 19 heavy (non-hydrogen) atoms. The fourth-order valence-corrected chi connectivity index (χ4v) is 1.74. The van der Waals surface area contributed by atoms with Crippen LogP contribution in [0.2, 0.25) is 0 Å². The topological polar surface area (TPSA) is 57.6 Å². The average Bonchev–Trinajstić information content (AvgIpc) is 2.34. The fourth-order valence-electron chi connectivity index (χ4n) is 1.74. The van der Waals surface area contributed by atoms with E-state index >= 15 is 0 Å². The molecule has 0 aromatic heterocycles. The summed E-state index contributed by atoms with van der Waals surface area (Å²) in [5.74, 6) is -2.32. The molecule has 0 heterocycles. The highest BCUT2D eigenvalue weighted by atomic mass is 19.1. The summed E-state index contributed by atoms with van der Waals surface area (Å²) in [6, 6.07) is 4.03. The van der Waals surface area contributed by atoms with Crippen LogP contribution in [-0.4, -0.2) is 34.5 Å². The van der Waals surface area contributed by atoms with E-state index in [0.29, 0.717) is 12.0 Å². The van der Waals surface area contributed by atoms with Gasteiger partial charge in [-0.1, -0.05) is 13.0 Å². The summed E-state index contributed by atoms with van der Waals surface area (Å²) in [5.41, 5.74) is 0.620. The number of hydrogen-bond donors (Lipinski definition) is 1. The van der Waals surface area contributed by atoms with Crippen molar-refractivity contribution in [1.82, 2.24) is 4.90 Å². The number of carbonyl (C=O) groups is 2. The number of carbonyl (C=O) groups excluding carboxylic acids is 1. The fraction of sp³-hybridized carbons (Fsp3) is 0.429. The molecular formula is C14H18FNO3. The highest BCUT2D eigenvalue weighted by molar-refractivity contribution is 5.96. The van der Waals surface area contributed by atoms with Gasteiger partial charge in [-0.2, -0.15) is 0 Å². The molecule has 1 amide bonds. The zero-order chi connectivity index (χ0) is 14.6. The number of nitrogens with zero attached hydrogens (tertiary/aromatic N) is 1. The summed E-state index contributed by atoms with van der Waals surface area (Å²) in [7, 11) is 0. The van der Waals surface area contributed by atoms with E-state index in [9.17, 15) is 14.0 Å². The summed E-state index contributed by atoms with van der Waals surface area (Å²) < 4.78 is 13.8. The van der Waals surface area contributed by atoms with Crippen LogP contribution in [0, 0.1) is 12.7 Å². The monoisotopic (exact) mass is 267 g/mol. The van der Waals surface area contributed by atoms with Gasteiger partial charge in [0.05, 0.1) is 5.56 Å². The van der Waals surface area contributed by atoms with E-state index in [-0.39, 0.29) is 11.6 Å².